The van der Waals surface area contributed by atoms with Gasteiger partial charge in [-0.2, -0.15) is 0 Å². The molecule has 0 spiro atoms. The Morgan fingerprint density at radius 3 is 2.00 bits per heavy atom. The molecule has 2 unspecified atom stereocenters. The molecule has 0 saturated heterocycles. The highest BCUT2D eigenvalue weighted by atomic mass is 35.5. The monoisotopic (exact) mass is 371 g/mol. The lowest BCUT2D eigenvalue weighted by atomic mass is 9.85. The van der Waals surface area contributed by atoms with Crippen LogP contribution in [0.4, 0.5) is 0 Å². The predicted octanol–water partition coefficient (Wildman–Crippen LogP) is 2.52. The van der Waals surface area contributed by atoms with Crippen LogP contribution in [0.1, 0.15) is 70.6 Å². The fraction of sp³-hybridized carbons (Fsp3) is 0.895. The van der Waals surface area contributed by atoms with E-state index in [1.807, 2.05) is 0 Å². The molecule has 3 rings (SSSR count). The fourth-order valence-corrected chi connectivity index (χ4v) is 4.82. The van der Waals surface area contributed by atoms with Gasteiger partial charge in [-0.25, -0.2) is 0 Å². The van der Waals surface area contributed by atoms with Crippen molar-refractivity contribution in [3.8, 4) is 0 Å². The summed E-state index contributed by atoms with van der Waals surface area (Å²) in [5.74, 6) is 1.26. The lowest BCUT2D eigenvalue weighted by Crippen LogP contribution is -2.45. The van der Waals surface area contributed by atoms with Crippen LogP contribution in [0.2, 0.25) is 0 Å². The molecule has 0 aliphatic heterocycles. The van der Waals surface area contributed by atoms with E-state index in [-0.39, 0.29) is 48.1 Å². The van der Waals surface area contributed by atoms with E-state index in [0.717, 1.165) is 51.4 Å². The van der Waals surface area contributed by atoms with Crippen LogP contribution < -0.4 is 16.4 Å². The van der Waals surface area contributed by atoms with Crippen LogP contribution in [0.25, 0.3) is 0 Å². The van der Waals surface area contributed by atoms with Crippen molar-refractivity contribution in [3.63, 3.8) is 0 Å². The maximum Gasteiger partial charge on any atom is 0.223 e. The largest absolute Gasteiger partial charge is 0.353 e. The molecule has 3 fully saturated rings. The molecule has 6 heteroatoms. The molecule has 3 aliphatic carbocycles. The second-order valence-electron chi connectivity index (χ2n) is 8.08. The minimum Gasteiger partial charge on any atom is -0.353 e. The number of carbonyl (C=O) groups excluding carboxylic acids is 2. The first-order valence-corrected chi connectivity index (χ1v) is 9.98. The van der Waals surface area contributed by atoms with E-state index < -0.39 is 0 Å². The van der Waals surface area contributed by atoms with Crippen LogP contribution in [0.15, 0.2) is 0 Å². The smallest absolute Gasteiger partial charge is 0.223 e. The van der Waals surface area contributed by atoms with E-state index in [1.165, 1.54) is 19.3 Å². The Morgan fingerprint density at radius 2 is 1.36 bits per heavy atom. The van der Waals surface area contributed by atoms with Gasteiger partial charge in [0.25, 0.3) is 0 Å². The quantitative estimate of drug-likeness (QED) is 0.694. The summed E-state index contributed by atoms with van der Waals surface area (Å²) in [6, 6.07) is 0.549. The maximum atomic E-state index is 12.5. The van der Waals surface area contributed by atoms with Crippen molar-refractivity contribution < 1.29 is 9.59 Å². The van der Waals surface area contributed by atoms with Crippen molar-refractivity contribution in [2.75, 3.05) is 6.54 Å². The van der Waals surface area contributed by atoms with E-state index in [1.54, 1.807) is 0 Å². The molecule has 2 amide bonds. The number of hydrogen-bond acceptors (Lipinski definition) is 3. The Kier molecular flexibility index (Phi) is 8.01. The van der Waals surface area contributed by atoms with Crippen molar-refractivity contribution in [2.45, 2.75) is 82.7 Å². The predicted molar refractivity (Wildman–Crippen MR) is 101 cm³/mol. The molecule has 5 nitrogen and oxygen atoms in total. The molecule has 0 radical (unpaired) electrons. The molecule has 144 valence electrons. The van der Waals surface area contributed by atoms with Gasteiger partial charge in [-0.15, -0.1) is 12.4 Å². The van der Waals surface area contributed by atoms with Gasteiger partial charge in [0.2, 0.25) is 11.8 Å². The molecule has 3 aliphatic rings. The second kappa shape index (κ2) is 9.77. The minimum atomic E-state index is 0. The van der Waals surface area contributed by atoms with Gasteiger partial charge in [0.15, 0.2) is 0 Å². The molecule has 3 saturated carbocycles. The summed E-state index contributed by atoms with van der Waals surface area (Å²) in [6.45, 7) is 0.672. The number of nitrogens with two attached hydrogens (primary N) is 1. The molecule has 0 bridgehead atoms. The average Bonchev–Trinajstić information content (AvgIpc) is 3.27. The first kappa shape index (κ1) is 20.5. The number of nitrogens with one attached hydrogen (secondary N) is 2. The van der Waals surface area contributed by atoms with Crippen LogP contribution in [0.3, 0.4) is 0 Å². The van der Waals surface area contributed by atoms with Gasteiger partial charge >= 0.3 is 0 Å². The third-order valence-electron chi connectivity index (χ3n) is 6.46. The number of hydrogen-bond donors (Lipinski definition) is 3. The van der Waals surface area contributed by atoms with E-state index in [9.17, 15) is 9.59 Å². The Hall–Kier alpha value is -0.810. The van der Waals surface area contributed by atoms with Crippen LogP contribution >= 0.6 is 12.4 Å². The van der Waals surface area contributed by atoms with Crippen molar-refractivity contribution in [3.05, 3.63) is 0 Å². The topological polar surface area (TPSA) is 84.2 Å². The molecule has 0 aromatic heterocycles. The molecule has 25 heavy (non-hydrogen) atoms. The Bertz CT molecular complexity index is 446. The lowest BCUT2D eigenvalue weighted by Gasteiger charge is -2.30. The summed E-state index contributed by atoms with van der Waals surface area (Å²) in [7, 11) is 0. The molecular weight excluding hydrogens is 338 g/mol. The number of amides is 2. The normalized spacial score (nSPS) is 32.8. The molecule has 0 heterocycles. The van der Waals surface area contributed by atoms with E-state index in [2.05, 4.69) is 10.6 Å². The third kappa shape index (κ3) is 5.33. The average molecular weight is 372 g/mol. The molecular formula is C19H34ClN3O2. The second-order valence-corrected chi connectivity index (χ2v) is 8.08. The van der Waals surface area contributed by atoms with E-state index >= 15 is 0 Å². The van der Waals surface area contributed by atoms with Gasteiger partial charge in [-0.1, -0.05) is 19.3 Å². The zero-order valence-corrected chi connectivity index (χ0v) is 16.0. The summed E-state index contributed by atoms with van der Waals surface area (Å²) in [5.41, 5.74) is 5.80. The van der Waals surface area contributed by atoms with Crippen molar-refractivity contribution in [1.29, 1.82) is 0 Å². The SMILES string of the molecule is Cl.NCC1CCCC1NC(=O)C1CCC(NC(=O)C2CCCC2)CC1. The highest BCUT2D eigenvalue weighted by Gasteiger charge is 2.32. The van der Waals surface area contributed by atoms with Crippen LogP contribution in [-0.4, -0.2) is 30.4 Å². The van der Waals surface area contributed by atoms with Crippen molar-refractivity contribution in [1.82, 2.24) is 10.6 Å². The number of rotatable bonds is 5. The van der Waals surface area contributed by atoms with Gasteiger partial charge in [0.1, 0.15) is 0 Å². The summed E-state index contributed by atoms with van der Waals surface area (Å²) in [6.07, 6.45) is 11.5. The number of carbonyl (C=O) groups is 2. The highest BCUT2D eigenvalue weighted by molar-refractivity contribution is 5.85. The minimum absolute atomic E-state index is 0. The molecule has 0 aromatic rings. The van der Waals surface area contributed by atoms with Crippen molar-refractivity contribution in [2.24, 2.45) is 23.5 Å². The molecule has 2 atom stereocenters. The van der Waals surface area contributed by atoms with E-state index in [4.69, 9.17) is 5.73 Å². The van der Waals surface area contributed by atoms with Crippen molar-refractivity contribution >= 4 is 24.2 Å². The lowest BCUT2D eigenvalue weighted by molar-refractivity contribution is -0.127. The zero-order valence-electron chi connectivity index (χ0n) is 15.2. The summed E-state index contributed by atoms with van der Waals surface area (Å²) in [5, 5.41) is 6.47. The molecule has 4 N–H and O–H groups in total. The van der Waals surface area contributed by atoms with Gasteiger partial charge < -0.3 is 16.4 Å². The standard InChI is InChI=1S/C19H33N3O2.ClH/c20-12-15-6-3-7-17(15)22-19(24)14-8-10-16(11-9-14)21-18(23)13-4-1-2-5-13;/h13-17H,1-12,20H2,(H,21,23)(H,22,24);1H. The zero-order chi connectivity index (χ0) is 16.9. The van der Waals surface area contributed by atoms with Gasteiger partial charge in [0, 0.05) is 23.9 Å². The molecule has 0 aromatic carbocycles. The number of halogens is 1. The first-order chi connectivity index (χ1) is 11.7. The first-order valence-electron chi connectivity index (χ1n) is 9.98. The Morgan fingerprint density at radius 1 is 0.760 bits per heavy atom. The van der Waals surface area contributed by atoms with Crippen LogP contribution in [-0.2, 0) is 9.59 Å². The summed E-state index contributed by atoms with van der Waals surface area (Å²) >= 11 is 0. The maximum absolute atomic E-state index is 12.5. The Labute approximate surface area is 157 Å². The van der Waals surface area contributed by atoms with Crippen LogP contribution in [0, 0.1) is 17.8 Å². The van der Waals surface area contributed by atoms with Crippen LogP contribution in [0.5, 0.6) is 0 Å². The van der Waals surface area contributed by atoms with Gasteiger partial charge in [0.05, 0.1) is 0 Å². The van der Waals surface area contributed by atoms with Gasteiger partial charge in [-0.05, 0) is 63.8 Å². The summed E-state index contributed by atoms with van der Waals surface area (Å²) in [4.78, 5) is 24.7. The fourth-order valence-electron chi connectivity index (χ4n) is 4.82. The van der Waals surface area contributed by atoms with Gasteiger partial charge in [-0.3, -0.25) is 9.59 Å². The highest BCUT2D eigenvalue weighted by Crippen LogP contribution is 2.29. The third-order valence-corrected chi connectivity index (χ3v) is 6.46. The summed E-state index contributed by atoms with van der Waals surface area (Å²) < 4.78 is 0. The van der Waals surface area contributed by atoms with E-state index in [0.29, 0.717) is 12.5 Å². The Balaban J connectivity index is 0.00000225.